The van der Waals surface area contributed by atoms with Crippen LogP contribution >= 0.6 is 23.1 Å². The Hall–Kier alpha value is -2.18. The Balaban J connectivity index is 1.74. The highest BCUT2D eigenvalue weighted by Gasteiger charge is 2.27. The summed E-state index contributed by atoms with van der Waals surface area (Å²) in [4.78, 5) is 32.6. The van der Waals surface area contributed by atoms with Gasteiger partial charge in [0.1, 0.15) is 4.83 Å². The summed E-state index contributed by atoms with van der Waals surface area (Å²) in [6.45, 7) is 5.79. The summed E-state index contributed by atoms with van der Waals surface area (Å²) < 4.78 is 1.56. The molecule has 2 aromatic heterocycles. The molecule has 2 unspecified atom stereocenters. The lowest BCUT2D eigenvalue weighted by Crippen LogP contribution is -2.42. The second-order valence-electron chi connectivity index (χ2n) is 7.37. The van der Waals surface area contributed by atoms with Crippen molar-refractivity contribution >= 4 is 39.3 Å². The standard InChI is InChI=1S/C20H20ClN3O2S/c1-12-8-13(2)11-23(10-12)19(25)16-9-14(5-6-17(16)21)24-20(26)15-4-3-7-22-18(15)27-24/h3-7,9,12-13H,8,10-11H2,1-2H3. The number of aromatic nitrogens is 2. The van der Waals surface area contributed by atoms with E-state index >= 15 is 0 Å². The third-order valence-electron chi connectivity index (χ3n) is 4.93. The van der Waals surface area contributed by atoms with Crippen LogP contribution in [0, 0.1) is 11.8 Å². The van der Waals surface area contributed by atoms with E-state index in [1.54, 1.807) is 40.5 Å². The summed E-state index contributed by atoms with van der Waals surface area (Å²) in [5.74, 6) is 0.861. The van der Waals surface area contributed by atoms with Crippen LogP contribution in [0.2, 0.25) is 5.02 Å². The molecule has 3 heterocycles. The van der Waals surface area contributed by atoms with Crippen LogP contribution in [0.4, 0.5) is 0 Å². The van der Waals surface area contributed by atoms with Crippen LogP contribution in [0.1, 0.15) is 30.6 Å². The molecule has 1 fully saturated rings. The number of amides is 1. The highest BCUT2D eigenvalue weighted by molar-refractivity contribution is 7.13. The number of nitrogens with zero attached hydrogens (tertiary/aromatic N) is 3. The van der Waals surface area contributed by atoms with Crippen LogP contribution in [0.3, 0.4) is 0 Å². The maximum Gasteiger partial charge on any atom is 0.274 e. The van der Waals surface area contributed by atoms with Crippen molar-refractivity contribution in [3.8, 4) is 5.69 Å². The number of fused-ring (bicyclic) bond motifs is 1. The molecule has 0 N–H and O–H groups in total. The molecular formula is C20H20ClN3O2S. The summed E-state index contributed by atoms with van der Waals surface area (Å²) in [5.41, 5.74) is 0.936. The normalized spacial score (nSPS) is 20.2. The first-order chi connectivity index (χ1) is 12.9. The van der Waals surface area contributed by atoms with Crippen molar-refractivity contribution < 1.29 is 4.79 Å². The fraction of sp³-hybridized carbons (Fsp3) is 0.350. The summed E-state index contributed by atoms with van der Waals surface area (Å²) >= 11 is 7.61. The number of rotatable bonds is 2. The lowest BCUT2D eigenvalue weighted by Gasteiger charge is -2.35. The van der Waals surface area contributed by atoms with Gasteiger partial charge in [-0.3, -0.25) is 9.59 Å². The van der Waals surface area contributed by atoms with Crippen molar-refractivity contribution in [2.75, 3.05) is 13.1 Å². The third kappa shape index (κ3) is 3.39. The number of hydrogen-bond acceptors (Lipinski definition) is 4. The largest absolute Gasteiger partial charge is 0.338 e. The van der Waals surface area contributed by atoms with Gasteiger partial charge in [0.05, 0.1) is 21.7 Å². The van der Waals surface area contributed by atoms with E-state index in [9.17, 15) is 9.59 Å². The number of pyridine rings is 1. The zero-order chi connectivity index (χ0) is 19.1. The fourth-order valence-electron chi connectivity index (χ4n) is 3.84. The molecule has 0 bridgehead atoms. The molecule has 7 heteroatoms. The smallest absolute Gasteiger partial charge is 0.274 e. The number of likely N-dealkylation sites (tertiary alicyclic amines) is 1. The molecule has 27 heavy (non-hydrogen) atoms. The van der Waals surface area contributed by atoms with E-state index in [0.29, 0.717) is 38.3 Å². The van der Waals surface area contributed by atoms with E-state index in [-0.39, 0.29) is 11.5 Å². The number of carbonyl (C=O) groups excluding carboxylic acids is 1. The van der Waals surface area contributed by atoms with Crippen molar-refractivity contribution in [3.05, 3.63) is 57.5 Å². The predicted molar refractivity (Wildman–Crippen MR) is 109 cm³/mol. The third-order valence-corrected chi connectivity index (χ3v) is 6.32. The van der Waals surface area contributed by atoms with Gasteiger partial charge in [-0.05, 0) is 60.1 Å². The summed E-state index contributed by atoms with van der Waals surface area (Å²) in [5, 5.41) is 0.978. The minimum absolute atomic E-state index is 0.0764. The molecule has 1 aromatic carbocycles. The van der Waals surface area contributed by atoms with E-state index in [0.717, 1.165) is 19.5 Å². The van der Waals surface area contributed by atoms with Crippen molar-refractivity contribution in [3.63, 3.8) is 0 Å². The number of halogens is 1. The summed E-state index contributed by atoms with van der Waals surface area (Å²) in [6, 6.07) is 8.67. The quantitative estimate of drug-likeness (QED) is 0.646. The molecule has 1 aliphatic rings. The zero-order valence-corrected chi connectivity index (χ0v) is 16.8. The summed E-state index contributed by atoms with van der Waals surface area (Å²) in [7, 11) is 0. The number of hydrogen-bond donors (Lipinski definition) is 0. The molecule has 1 aliphatic heterocycles. The molecular weight excluding hydrogens is 382 g/mol. The molecule has 0 spiro atoms. The molecule has 0 radical (unpaired) electrons. The van der Waals surface area contributed by atoms with Gasteiger partial charge in [0.2, 0.25) is 0 Å². The van der Waals surface area contributed by atoms with E-state index in [1.807, 2.05) is 4.90 Å². The zero-order valence-electron chi connectivity index (χ0n) is 15.2. The molecule has 0 saturated carbocycles. The average Bonchev–Trinajstić information content (AvgIpc) is 2.98. The Labute approximate surface area is 166 Å². The van der Waals surface area contributed by atoms with Gasteiger partial charge in [-0.1, -0.05) is 25.4 Å². The monoisotopic (exact) mass is 401 g/mol. The predicted octanol–water partition coefficient (Wildman–Crippen LogP) is 4.22. The van der Waals surface area contributed by atoms with Gasteiger partial charge in [-0.2, -0.15) is 0 Å². The van der Waals surface area contributed by atoms with Crippen molar-refractivity contribution in [2.45, 2.75) is 20.3 Å². The highest BCUT2D eigenvalue weighted by atomic mass is 35.5. The SMILES string of the molecule is CC1CC(C)CN(C(=O)c2cc(-n3sc4ncccc4c3=O)ccc2Cl)C1. The van der Waals surface area contributed by atoms with Gasteiger partial charge in [-0.25, -0.2) is 8.94 Å². The Morgan fingerprint density at radius 1 is 1.22 bits per heavy atom. The lowest BCUT2D eigenvalue weighted by molar-refractivity contribution is 0.0623. The van der Waals surface area contributed by atoms with Crippen LogP contribution < -0.4 is 5.56 Å². The molecule has 2 atom stereocenters. The van der Waals surface area contributed by atoms with Gasteiger partial charge in [0.25, 0.3) is 11.5 Å². The molecule has 3 aromatic rings. The van der Waals surface area contributed by atoms with Crippen LogP contribution in [-0.4, -0.2) is 32.8 Å². The maximum atomic E-state index is 13.1. The Morgan fingerprint density at radius 2 is 1.96 bits per heavy atom. The van der Waals surface area contributed by atoms with Crippen molar-refractivity contribution in [1.82, 2.24) is 13.8 Å². The second-order valence-corrected chi connectivity index (χ2v) is 8.71. The van der Waals surface area contributed by atoms with E-state index in [2.05, 4.69) is 18.8 Å². The minimum Gasteiger partial charge on any atom is -0.338 e. The topological polar surface area (TPSA) is 55.2 Å². The molecule has 140 valence electrons. The van der Waals surface area contributed by atoms with Crippen LogP contribution in [-0.2, 0) is 0 Å². The van der Waals surface area contributed by atoms with E-state index in [4.69, 9.17) is 11.6 Å². The van der Waals surface area contributed by atoms with Gasteiger partial charge < -0.3 is 4.90 Å². The molecule has 4 rings (SSSR count). The molecule has 5 nitrogen and oxygen atoms in total. The van der Waals surface area contributed by atoms with Gasteiger partial charge in [-0.15, -0.1) is 0 Å². The first kappa shape index (κ1) is 18.2. The number of benzene rings is 1. The van der Waals surface area contributed by atoms with Crippen molar-refractivity contribution in [1.29, 1.82) is 0 Å². The first-order valence-corrected chi connectivity index (χ1v) is 10.2. The van der Waals surface area contributed by atoms with Gasteiger partial charge >= 0.3 is 0 Å². The molecule has 1 saturated heterocycles. The molecule has 0 aliphatic carbocycles. The van der Waals surface area contributed by atoms with E-state index < -0.39 is 0 Å². The molecule has 1 amide bonds. The maximum absolute atomic E-state index is 13.1. The Morgan fingerprint density at radius 3 is 2.67 bits per heavy atom. The van der Waals surface area contributed by atoms with Crippen molar-refractivity contribution in [2.24, 2.45) is 11.8 Å². The lowest BCUT2D eigenvalue weighted by atomic mass is 9.91. The van der Waals surface area contributed by atoms with Gasteiger partial charge in [0.15, 0.2) is 0 Å². The fourth-order valence-corrected chi connectivity index (χ4v) is 4.97. The number of piperidine rings is 1. The Bertz CT molecular complexity index is 1060. The van der Waals surface area contributed by atoms with Crippen LogP contribution in [0.25, 0.3) is 15.9 Å². The van der Waals surface area contributed by atoms with E-state index in [1.165, 1.54) is 11.5 Å². The minimum atomic E-state index is -0.135. The average molecular weight is 402 g/mol. The second kappa shape index (κ2) is 7.09. The van der Waals surface area contributed by atoms with Crippen LogP contribution in [0.5, 0.6) is 0 Å². The summed E-state index contributed by atoms with van der Waals surface area (Å²) in [6.07, 6.45) is 2.79. The highest BCUT2D eigenvalue weighted by Crippen LogP contribution is 2.27. The first-order valence-electron chi connectivity index (χ1n) is 9.00. The Kier molecular flexibility index (Phi) is 4.78. The number of carbonyl (C=O) groups is 1. The van der Waals surface area contributed by atoms with Gasteiger partial charge in [0, 0.05) is 19.3 Å². The van der Waals surface area contributed by atoms with Crippen LogP contribution in [0.15, 0.2) is 41.3 Å².